The molecule has 1 heterocycles. The van der Waals surface area contributed by atoms with Crippen LogP contribution in [0.5, 0.6) is 0 Å². The third-order valence-electron chi connectivity index (χ3n) is 7.39. The minimum Gasteiger partial charge on any atom is -0.469 e. The maximum absolute atomic E-state index is 12.1. The molecule has 1 fully saturated rings. The SMILES string of the molecule is COC(=O)C[C@H]1O[C@@H](CCOCc2ccccc2)C[C@H](O[Si](C(C)C)(C(C)C)C(C)C)[C@H]1C. The zero-order chi connectivity index (χ0) is 24.6. The first kappa shape index (κ1) is 28.0. The van der Waals surface area contributed by atoms with E-state index < -0.39 is 8.32 Å². The normalized spacial score (nSPS) is 24.0. The first-order valence-electron chi connectivity index (χ1n) is 12.6. The molecule has 1 aromatic rings. The molecular weight excluding hydrogens is 432 g/mol. The van der Waals surface area contributed by atoms with Crippen LogP contribution in [0.15, 0.2) is 30.3 Å². The van der Waals surface area contributed by atoms with Gasteiger partial charge in [0.15, 0.2) is 0 Å². The molecule has 0 aliphatic carbocycles. The summed E-state index contributed by atoms with van der Waals surface area (Å²) in [5.41, 5.74) is 2.71. The summed E-state index contributed by atoms with van der Waals surface area (Å²) in [4.78, 5) is 12.1. The summed E-state index contributed by atoms with van der Waals surface area (Å²) in [6.07, 6.45) is 1.78. The van der Waals surface area contributed by atoms with Gasteiger partial charge in [-0.3, -0.25) is 4.79 Å². The quantitative estimate of drug-likeness (QED) is 0.195. The predicted molar refractivity (Wildman–Crippen MR) is 136 cm³/mol. The molecule has 4 atom stereocenters. The average Bonchev–Trinajstić information content (AvgIpc) is 2.77. The first-order valence-corrected chi connectivity index (χ1v) is 14.8. The number of rotatable bonds is 12. The molecule has 33 heavy (non-hydrogen) atoms. The van der Waals surface area contributed by atoms with E-state index in [1.807, 2.05) is 18.2 Å². The highest BCUT2D eigenvalue weighted by molar-refractivity contribution is 6.77. The highest BCUT2D eigenvalue weighted by atomic mass is 28.4. The molecule has 188 valence electrons. The molecule has 5 nitrogen and oxygen atoms in total. The molecule has 1 aliphatic rings. The molecule has 1 aliphatic heterocycles. The standard InChI is InChI=1S/C27H46O5Si/c1-19(2)33(20(3)4,21(5)6)32-26-16-24(31-25(22(26)7)17-27(28)29-8)14-15-30-18-23-12-10-9-11-13-23/h9-13,19-22,24-26H,14-18H2,1-8H3/t22-,24-,25+,26-/m0/s1. The first-order chi connectivity index (χ1) is 15.6. The zero-order valence-electron chi connectivity index (χ0n) is 22.0. The Morgan fingerprint density at radius 2 is 1.67 bits per heavy atom. The second kappa shape index (κ2) is 13.0. The van der Waals surface area contributed by atoms with Crippen LogP contribution in [0.4, 0.5) is 0 Å². The molecule has 0 unspecified atom stereocenters. The van der Waals surface area contributed by atoms with Crippen molar-refractivity contribution in [3.05, 3.63) is 35.9 Å². The molecule has 0 spiro atoms. The molecule has 0 saturated carbocycles. The molecule has 2 rings (SSSR count). The summed E-state index contributed by atoms with van der Waals surface area (Å²) < 4.78 is 24.5. The smallest absolute Gasteiger partial charge is 0.308 e. The molecule has 0 radical (unpaired) electrons. The van der Waals surface area contributed by atoms with Crippen molar-refractivity contribution in [3.63, 3.8) is 0 Å². The molecule has 0 aromatic heterocycles. The number of esters is 1. The van der Waals surface area contributed by atoms with Crippen LogP contribution in [0.1, 0.15) is 73.3 Å². The second-order valence-corrected chi connectivity index (χ2v) is 15.9. The van der Waals surface area contributed by atoms with Gasteiger partial charge in [0.25, 0.3) is 0 Å². The number of carbonyl (C=O) groups is 1. The fourth-order valence-corrected chi connectivity index (χ4v) is 11.3. The van der Waals surface area contributed by atoms with E-state index in [1.165, 1.54) is 12.7 Å². The van der Waals surface area contributed by atoms with Crippen LogP contribution in [0, 0.1) is 5.92 Å². The van der Waals surface area contributed by atoms with E-state index >= 15 is 0 Å². The van der Waals surface area contributed by atoms with Gasteiger partial charge < -0.3 is 18.6 Å². The number of carbonyl (C=O) groups excluding carboxylic acids is 1. The Labute approximate surface area is 202 Å². The van der Waals surface area contributed by atoms with Gasteiger partial charge in [0.2, 0.25) is 8.32 Å². The van der Waals surface area contributed by atoms with Gasteiger partial charge in [-0.15, -0.1) is 0 Å². The van der Waals surface area contributed by atoms with Crippen LogP contribution in [0.25, 0.3) is 0 Å². The Bertz CT molecular complexity index is 684. The number of methoxy groups -OCH3 is 1. The zero-order valence-corrected chi connectivity index (χ0v) is 23.0. The topological polar surface area (TPSA) is 54.0 Å². The van der Waals surface area contributed by atoms with Crippen LogP contribution >= 0.6 is 0 Å². The lowest BCUT2D eigenvalue weighted by atomic mass is 9.88. The number of hydrogen-bond donors (Lipinski definition) is 0. The fraction of sp³-hybridized carbons (Fsp3) is 0.741. The van der Waals surface area contributed by atoms with Crippen molar-refractivity contribution in [3.8, 4) is 0 Å². The third kappa shape index (κ3) is 7.38. The van der Waals surface area contributed by atoms with E-state index in [9.17, 15) is 4.79 Å². The molecule has 6 heteroatoms. The van der Waals surface area contributed by atoms with Gasteiger partial charge >= 0.3 is 5.97 Å². The van der Waals surface area contributed by atoms with E-state index in [-0.39, 0.29) is 36.6 Å². The Hall–Kier alpha value is -1.21. The monoisotopic (exact) mass is 478 g/mol. The Morgan fingerprint density at radius 3 is 2.21 bits per heavy atom. The van der Waals surface area contributed by atoms with Crippen molar-refractivity contribution in [1.29, 1.82) is 0 Å². The van der Waals surface area contributed by atoms with Gasteiger partial charge in [-0.25, -0.2) is 0 Å². The maximum atomic E-state index is 12.1. The van der Waals surface area contributed by atoms with E-state index in [2.05, 4.69) is 60.6 Å². The summed E-state index contributed by atoms with van der Waals surface area (Å²) in [6, 6.07) is 10.2. The summed E-state index contributed by atoms with van der Waals surface area (Å²) in [6.45, 7) is 17.3. The Kier molecular flexibility index (Phi) is 11.1. The summed E-state index contributed by atoms with van der Waals surface area (Å²) >= 11 is 0. The highest BCUT2D eigenvalue weighted by Gasteiger charge is 2.49. The molecule has 0 amide bonds. The van der Waals surface area contributed by atoms with Gasteiger partial charge in [0, 0.05) is 12.5 Å². The summed E-state index contributed by atoms with van der Waals surface area (Å²) in [7, 11) is -0.612. The van der Waals surface area contributed by atoms with Gasteiger partial charge in [-0.05, 0) is 35.0 Å². The van der Waals surface area contributed by atoms with E-state index in [0.717, 1.165) is 12.8 Å². The number of ether oxygens (including phenoxy) is 3. The van der Waals surface area contributed by atoms with Crippen molar-refractivity contribution in [1.82, 2.24) is 0 Å². The Morgan fingerprint density at radius 1 is 1.06 bits per heavy atom. The lowest BCUT2D eigenvalue weighted by Gasteiger charge is -2.49. The van der Waals surface area contributed by atoms with E-state index in [4.69, 9.17) is 18.6 Å². The fourth-order valence-electron chi connectivity index (χ4n) is 5.61. The maximum Gasteiger partial charge on any atom is 0.308 e. The van der Waals surface area contributed by atoms with E-state index in [1.54, 1.807) is 0 Å². The van der Waals surface area contributed by atoms with Gasteiger partial charge in [0.1, 0.15) is 0 Å². The highest BCUT2D eigenvalue weighted by Crippen LogP contribution is 2.45. The minimum absolute atomic E-state index is 0.00909. The van der Waals surface area contributed by atoms with Crippen molar-refractivity contribution < 1.29 is 23.4 Å². The number of hydrogen-bond acceptors (Lipinski definition) is 5. The van der Waals surface area contributed by atoms with Crippen LogP contribution in [-0.4, -0.2) is 46.3 Å². The van der Waals surface area contributed by atoms with Gasteiger partial charge in [-0.2, -0.15) is 0 Å². The second-order valence-electron chi connectivity index (χ2n) is 10.5. The summed E-state index contributed by atoms with van der Waals surface area (Å²) in [5.74, 6) is -0.0969. The van der Waals surface area contributed by atoms with Crippen molar-refractivity contribution in [2.75, 3.05) is 13.7 Å². The van der Waals surface area contributed by atoms with E-state index in [0.29, 0.717) is 29.8 Å². The minimum atomic E-state index is -2.05. The lowest BCUT2D eigenvalue weighted by Crippen LogP contribution is -2.55. The largest absolute Gasteiger partial charge is 0.469 e. The van der Waals surface area contributed by atoms with Crippen LogP contribution in [-0.2, 0) is 30.0 Å². The van der Waals surface area contributed by atoms with Gasteiger partial charge in [0.05, 0.1) is 38.4 Å². The molecule has 1 saturated heterocycles. The van der Waals surface area contributed by atoms with Crippen LogP contribution in [0.3, 0.4) is 0 Å². The molecule has 0 N–H and O–H groups in total. The predicted octanol–water partition coefficient (Wildman–Crippen LogP) is 6.51. The van der Waals surface area contributed by atoms with Crippen LogP contribution in [0.2, 0.25) is 16.6 Å². The molecule has 1 aromatic carbocycles. The lowest BCUT2D eigenvalue weighted by molar-refractivity contribution is -0.160. The van der Waals surface area contributed by atoms with Crippen molar-refractivity contribution >= 4 is 14.3 Å². The number of benzene rings is 1. The van der Waals surface area contributed by atoms with Gasteiger partial charge in [-0.1, -0.05) is 78.8 Å². The van der Waals surface area contributed by atoms with Crippen molar-refractivity contribution in [2.45, 2.75) is 109 Å². The average molecular weight is 479 g/mol. The third-order valence-corrected chi connectivity index (χ3v) is 13.5. The Balaban J connectivity index is 2.11. The summed E-state index contributed by atoms with van der Waals surface area (Å²) in [5, 5.41) is 0. The molecular formula is C27H46O5Si. The molecule has 0 bridgehead atoms. The van der Waals surface area contributed by atoms with Crippen LogP contribution < -0.4 is 0 Å². The van der Waals surface area contributed by atoms with Crippen molar-refractivity contribution in [2.24, 2.45) is 5.92 Å².